The highest BCUT2D eigenvalue weighted by Crippen LogP contribution is 2.31. The van der Waals surface area contributed by atoms with Gasteiger partial charge in [-0.3, -0.25) is 19.7 Å². The summed E-state index contributed by atoms with van der Waals surface area (Å²) >= 11 is 0. The average Bonchev–Trinajstić information content (AvgIpc) is 2.31. The molecule has 0 aromatic rings. The first-order valence-corrected chi connectivity index (χ1v) is 8.14. The Balaban J connectivity index is 2.84. The smallest absolute Gasteiger partial charge is 0.308 e. The largest absolute Gasteiger partial charge is 0.460 e. The van der Waals surface area contributed by atoms with Crippen molar-refractivity contribution in [2.45, 2.75) is 84.1 Å². The number of nitrogens with zero attached hydrogens (tertiary/aromatic N) is 1. The number of hydrogen-bond acceptors (Lipinski definition) is 8. The fourth-order valence-corrected chi connectivity index (χ4v) is 2.66. The van der Waals surface area contributed by atoms with Gasteiger partial charge in [0.25, 0.3) is 0 Å². The molecule has 0 radical (unpaired) electrons. The first-order chi connectivity index (χ1) is 11.3. The second-order valence-electron chi connectivity index (χ2n) is 7.49. The van der Waals surface area contributed by atoms with Crippen LogP contribution in [-0.4, -0.2) is 53.1 Å². The molecule has 1 aliphatic heterocycles. The highest BCUT2D eigenvalue weighted by atomic mass is 16.7. The third-order valence-corrected chi connectivity index (χ3v) is 3.26. The summed E-state index contributed by atoms with van der Waals surface area (Å²) in [6.45, 7) is 9.15. The normalized spacial score (nSPS) is 24.2. The standard InChI is InChI=1S/C16H27NO8/c1-10(18)22-13(9-17(20)21)12-7-11(23-16(5,6)24-12)8-14(19)25-15(2,3)4/h11-13H,7-9H2,1-6H3/t11-,12+,13+/m1/s1. The number of carbonyl (C=O) groups is 2. The summed E-state index contributed by atoms with van der Waals surface area (Å²) in [5, 5.41) is 10.9. The number of ether oxygens (including phenoxy) is 4. The van der Waals surface area contributed by atoms with Gasteiger partial charge in [0.15, 0.2) is 11.9 Å². The maximum atomic E-state index is 12.0. The zero-order valence-electron chi connectivity index (χ0n) is 15.6. The predicted molar refractivity (Wildman–Crippen MR) is 86.3 cm³/mol. The minimum Gasteiger partial charge on any atom is -0.460 e. The number of esters is 2. The van der Waals surface area contributed by atoms with Crippen molar-refractivity contribution in [3.63, 3.8) is 0 Å². The lowest BCUT2D eigenvalue weighted by molar-refractivity contribution is -0.495. The van der Waals surface area contributed by atoms with E-state index in [1.165, 1.54) is 6.92 Å². The summed E-state index contributed by atoms with van der Waals surface area (Å²) in [7, 11) is 0. The Morgan fingerprint density at radius 3 is 2.40 bits per heavy atom. The van der Waals surface area contributed by atoms with Crippen molar-refractivity contribution < 1.29 is 33.5 Å². The van der Waals surface area contributed by atoms with Gasteiger partial charge >= 0.3 is 11.9 Å². The van der Waals surface area contributed by atoms with Crippen LogP contribution < -0.4 is 0 Å². The molecule has 1 fully saturated rings. The number of carbonyl (C=O) groups excluding carboxylic acids is 2. The molecule has 9 heteroatoms. The maximum absolute atomic E-state index is 12.0. The molecule has 25 heavy (non-hydrogen) atoms. The van der Waals surface area contributed by atoms with Crippen molar-refractivity contribution in [2.75, 3.05) is 6.54 Å². The molecule has 0 saturated carbocycles. The molecular formula is C16H27NO8. The van der Waals surface area contributed by atoms with Crippen molar-refractivity contribution in [1.82, 2.24) is 0 Å². The van der Waals surface area contributed by atoms with Crippen molar-refractivity contribution >= 4 is 11.9 Å². The molecule has 1 rings (SSSR count). The highest BCUT2D eigenvalue weighted by molar-refractivity contribution is 5.70. The van der Waals surface area contributed by atoms with E-state index in [2.05, 4.69) is 0 Å². The van der Waals surface area contributed by atoms with E-state index in [1.807, 2.05) is 0 Å². The van der Waals surface area contributed by atoms with E-state index in [9.17, 15) is 19.7 Å². The van der Waals surface area contributed by atoms with Gasteiger partial charge in [-0.1, -0.05) is 0 Å². The van der Waals surface area contributed by atoms with Crippen LogP contribution in [0, 0.1) is 10.1 Å². The van der Waals surface area contributed by atoms with Crippen LogP contribution in [0.5, 0.6) is 0 Å². The van der Waals surface area contributed by atoms with Crippen LogP contribution in [-0.2, 0) is 28.5 Å². The van der Waals surface area contributed by atoms with Gasteiger partial charge in [-0.25, -0.2) is 0 Å². The van der Waals surface area contributed by atoms with Crippen molar-refractivity contribution in [3.05, 3.63) is 10.1 Å². The van der Waals surface area contributed by atoms with E-state index in [-0.39, 0.29) is 12.8 Å². The summed E-state index contributed by atoms with van der Waals surface area (Å²) in [6, 6.07) is 0. The van der Waals surface area contributed by atoms with Gasteiger partial charge in [0.1, 0.15) is 11.7 Å². The Labute approximate surface area is 147 Å². The lowest BCUT2D eigenvalue weighted by atomic mass is 10.0. The molecule has 0 aromatic heterocycles. The second-order valence-corrected chi connectivity index (χ2v) is 7.49. The number of nitro groups is 1. The van der Waals surface area contributed by atoms with E-state index in [0.29, 0.717) is 0 Å². The fourth-order valence-electron chi connectivity index (χ4n) is 2.66. The van der Waals surface area contributed by atoms with Gasteiger partial charge in [-0.05, 0) is 34.6 Å². The van der Waals surface area contributed by atoms with Gasteiger partial charge < -0.3 is 18.9 Å². The molecular weight excluding hydrogens is 334 g/mol. The first kappa shape index (κ1) is 21.3. The Hall–Kier alpha value is -1.74. The van der Waals surface area contributed by atoms with Crippen LogP contribution in [0.25, 0.3) is 0 Å². The van der Waals surface area contributed by atoms with E-state index >= 15 is 0 Å². The number of rotatable bonds is 6. The van der Waals surface area contributed by atoms with Crippen LogP contribution >= 0.6 is 0 Å². The number of hydrogen-bond donors (Lipinski definition) is 0. The van der Waals surface area contributed by atoms with Gasteiger partial charge in [0.2, 0.25) is 6.54 Å². The van der Waals surface area contributed by atoms with Crippen LogP contribution in [0.1, 0.15) is 54.4 Å². The Morgan fingerprint density at radius 1 is 1.32 bits per heavy atom. The van der Waals surface area contributed by atoms with Crippen molar-refractivity contribution in [1.29, 1.82) is 0 Å². The SMILES string of the molecule is CC(=O)O[C@@H](C[N+](=O)[O-])[C@@H]1C[C@H](CC(=O)OC(C)(C)C)OC(C)(C)O1. The Kier molecular flexibility index (Phi) is 6.90. The summed E-state index contributed by atoms with van der Waals surface area (Å²) in [5.41, 5.74) is -0.622. The molecule has 3 atom stereocenters. The molecule has 0 bridgehead atoms. The summed E-state index contributed by atoms with van der Waals surface area (Å²) in [6.07, 6.45) is -2.23. The molecule has 0 N–H and O–H groups in total. The van der Waals surface area contributed by atoms with Crippen LogP contribution in [0.3, 0.4) is 0 Å². The topological polar surface area (TPSA) is 114 Å². The monoisotopic (exact) mass is 361 g/mol. The molecule has 9 nitrogen and oxygen atoms in total. The Morgan fingerprint density at radius 2 is 1.92 bits per heavy atom. The Bertz CT molecular complexity index is 495. The van der Waals surface area contributed by atoms with E-state index in [4.69, 9.17) is 18.9 Å². The van der Waals surface area contributed by atoms with Gasteiger partial charge in [0.05, 0.1) is 12.5 Å². The minimum atomic E-state index is -1.08. The average molecular weight is 361 g/mol. The maximum Gasteiger partial charge on any atom is 0.308 e. The lowest BCUT2D eigenvalue weighted by Gasteiger charge is -2.42. The third-order valence-electron chi connectivity index (χ3n) is 3.26. The minimum absolute atomic E-state index is 0.0220. The zero-order valence-corrected chi connectivity index (χ0v) is 15.6. The zero-order chi connectivity index (χ0) is 19.4. The molecule has 0 amide bonds. The van der Waals surface area contributed by atoms with Crippen LogP contribution in [0.2, 0.25) is 0 Å². The van der Waals surface area contributed by atoms with Crippen LogP contribution in [0.4, 0.5) is 0 Å². The molecule has 1 saturated heterocycles. The second kappa shape index (κ2) is 8.09. The van der Waals surface area contributed by atoms with Gasteiger partial charge in [-0.15, -0.1) is 0 Å². The van der Waals surface area contributed by atoms with E-state index in [0.717, 1.165) is 0 Å². The molecule has 1 heterocycles. The molecule has 144 valence electrons. The summed E-state index contributed by atoms with van der Waals surface area (Å²) in [5.74, 6) is -2.15. The van der Waals surface area contributed by atoms with Crippen LogP contribution in [0.15, 0.2) is 0 Å². The molecule has 0 spiro atoms. The fraction of sp³-hybridized carbons (Fsp3) is 0.875. The molecule has 1 aliphatic rings. The lowest BCUT2D eigenvalue weighted by Crippen LogP contribution is -2.52. The predicted octanol–water partition coefficient (Wildman–Crippen LogP) is 1.84. The first-order valence-electron chi connectivity index (χ1n) is 8.14. The molecule has 0 unspecified atom stereocenters. The van der Waals surface area contributed by atoms with E-state index < -0.39 is 53.1 Å². The highest BCUT2D eigenvalue weighted by Gasteiger charge is 2.43. The van der Waals surface area contributed by atoms with Gasteiger partial charge in [0, 0.05) is 18.3 Å². The summed E-state index contributed by atoms with van der Waals surface area (Å²) in [4.78, 5) is 33.6. The summed E-state index contributed by atoms with van der Waals surface area (Å²) < 4.78 is 21.7. The quantitative estimate of drug-likeness (QED) is 0.400. The van der Waals surface area contributed by atoms with Crippen molar-refractivity contribution in [2.24, 2.45) is 0 Å². The van der Waals surface area contributed by atoms with Gasteiger partial charge in [-0.2, -0.15) is 0 Å². The van der Waals surface area contributed by atoms with Crippen molar-refractivity contribution in [3.8, 4) is 0 Å². The molecule has 0 aliphatic carbocycles. The third kappa shape index (κ3) is 8.26. The van der Waals surface area contributed by atoms with E-state index in [1.54, 1.807) is 34.6 Å². The molecule has 0 aromatic carbocycles.